The highest BCUT2D eigenvalue weighted by Crippen LogP contribution is 2.17. The second-order valence-electron chi connectivity index (χ2n) is 6.12. The molecule has 1 saturated heterocycles. The van der Waals surface area contributed by atoms with Gasteiger partial charge in [0.2, 0.25) is 0 Å². The van der Waals surface area contributed by atoms with Crippen LogP contribution in [0.15, 0.2) is 30.3 Å². The fourth-order valence-electron chi connectivity index (χ4n) is 2.04. The molecule has 1 amide bonds. The Balaban J connectivity index is 1.89. The third-order valence-corrected chi connectivity index (χ3v) is 3.05. The monoisotopic (exact) mass is 307 g/mol. The van der Waals surface area contributed by atoms with Crippen LogP contribution < -0.4 is 0 Å². The molecule has 1 aromatic carbocycles. The molecule has 0 aliphatic carbocycles. The Morgan fingerprint density at radius 3 is 2.64 bits per heavy atom. The van der Waals surface area contributed by atoms with E-state index < -0.39 is 17.8 Å². The molecule has 0 aromatic heterocycles. The van der Waals surface area contributed by atoms with Gasteiger partial charge in [0, 0.05) is 6.54 Å². The molecular formula is C16H21NO5. The van der Waals surface area contributed by atoms with E-state index in [0.29, 0.717) is 6.54 Å². The molecule has 1 aliphatic heterocycles. The zero-order valence-corrected chi connectivity index (χ0v) is 13.1. The van der Waals surface area contributed by atoms with E-state index in [4.69, 9.17) is 14.2 Å². The minimum Gasteiger partial charge on any atom is -0.447 e. The minimum absolute atomic E-state index is 0.0491. The number of hydrogen-bond donors (Lipinski definition) is 0. The molecule has 0 spiro atoms. The van der Waals surface area contributed by atoms with Gasteiger partial charge in [-0.25, -0.2) is 9.59 Å². The zero-order valence-electron chi connectivity index (χ0n) is 13.1. The van der Waals surface area contributed by atoms with Crippen LogP contribution in [0.2, 0.25) is 0 Å². The Morgan fingerprint density at radius 2 is 2.00 bits per heavy atom. The summed E-state index contributed by atoms with van der Waals surface area (Å²) in [5, 5.41) is 0. The van der Waals surface area contributed by atoms with Crippen molar-refractivity contribution in [2.75, 3.05) is 13.2 Å². The van der Waals surface area contributed by atoms with Crippen molar-refractivity contribution in [3.8, 4) is 0 Å². The van der Waals surface area contributed by atoms with Gasteiger partial charge >= 0.3 is 12.2 Å². The molecule has 1 atom stereocenters. The second kappa shape index (κ2) is 6.68. The first kappa shape index (κ1) is 16.1. The van der Waals surface area contributed by atoms with Crippen molar-refractivity contribution in [2.24, 2.45) is 0 Å². The fourth-order valence-corrected chi connectivity index (χ4v) is 2.04. The summed E-state index contributed by atoms with van der Waals surface area (Å²) in [6.45, 7) is 5.96. The summed E-state index contributed by atoms with van der Waals surface area (Å²) >= 11 is 0. The largest absolute Gasteiger partial charge is 0.508 e. The third kappa shape index (κ3) is 4.65. The predicted octanol–water partition coefficient (Wildman–Crippen LogP) is 2.96. The van der Waals surface area contributed by atoms with Gasteiger partial charge in [0.15, 0.2) is 0 Å². The smallest absolute Gasteiger partial charge is 0.447 e. The molecule has 0 saturated carbocycles. The number of carbonyl (C=O) groups excluding carboxylic acids is 2. The third-order valence-electron chi connectivity index (χ3n) is 3.05. The lowest BCUT2D eigenvalue weighted by Gasteiger charge is -2.23. The lowest BCUT2D eigenvalue weighted by molar-refractivity contribution is -0.0144. The molecule has 1 aliphatic rings. The molecule has 0 N–H and O–H groups in total. The minimum atomic E-state index is -0.744. The van der Waals surface area contributed by atoms with Gasteiger partial charge < -0.3 is 14.2 Å². The van der Waals surface area contributed by atoms with Crippen molar-refractivity contribution in [3.63, 3.8) is 0 Å². The molecule has 0 unspecified atom stereocenters. The lowest BCUT2D eigenvalue weighted by atomic mass is 10.2. The Hall–Kier alpha value is -2.24. The number of benzene rings is 1. The van der Waals surface area contributed by atoms with E-state index in [2.05, 4.69) is 0 Å². The topological polar surface area (TPSA) is 65.1 Å². The van der Waals surface area contributed by atoms with Gasteiger partial charge in [-0.1, -0.05) is 30.3 Å². The van der Waals surface area contributed by atoms with Crippen LogP contribution in [-0.2, 0) is 20.8 Å². The van der Waals surface area contributed by atoms with Gasteiger partial charge in [0.1, 0.15) is 24.9 Å². The van der Waals surface area contributed by atoms with E-state index in [1.807, 2.05) is 30.3 Å². The molecule has 1 heterocycles. The Morgan fingerprint density at radius 1 is 1.32 bits per heavy atom. The Bertz CT molecular complexity index is 523. The van der Waals surface area contributed by atoms with Crippen LogP contribution in [0.25, 0.3) is 0 Å². The van der Waals surface area contributed by atoms with E-state index in [1.54, 1.807) is 25.7 Å². The number of carbonyl (C=O) groups is 2. The fraction of sp³-hybridized carbons (Fsp3) is 0.500. The first-order chi connectivity index (χ1) is 10.3. The molecule has 6 nitrogen and oxygen atoms in total. The van der Waals surface area contributed by atoms with Crippen LogP contribution in [0, 0.1) is 0 Å². The van der Waals surface area contributed by atoms with E-state index in [0.717, 1.165) is 5.56 Å². The molecular weight excluding hydrogens is 286 g/mol. The molecule has 0 radical (unpaired) electrons. The van der Waals surface area contributed by atoms with Gasteiger partial charge in [-0.2, -0.15) is 0 Å². The molecule has 22 heavy (non-hydrogen) atoms. The van der Waals surface area contributed by atoms with Crippen LogP contribution in [0.4, 0.5) is 9.59 Å². The molecule has 120 valence electrons. The van der Waals surface area contributed by atoms with Crippen molar-refractivity contribution in [2.45, 2.75) is 39.0 Å². The van der Waals surface area contributed by atoms with Crippen molar-refractivity contribution in [1.82, 2.24) is 4.90 Å². The van der Waals surface area contributed by atoms with Crippen LogP contribution in [0.3, 0.4) is 0 Å². The highest BCUT2D eigenvalue weighted by molar-refractivity contribution is 5.70. The normalized spacial score (nSPS) is 18.0. The van der Waals surface area contributed by atoms with Gasteiger partial charge in [-0.3, -0.25) is 4.90 Å². The van der Waals surface area contributed by atoms with Crippen LogP contribution >= 0.6 is 0 Å². The van der Waals surface area contributed by atoms with Crippen molar-refractivity contribution >= 4 is 12.2 Å². The van der Waals surface area contributed by atoms with Gasteiger partial charge in [0.25, 0.3) is 0 Å². The molecule has 1 fully saturated rings. The number of amides is 1. The molecule has 6 heteroatoms. The zero-order chi connectivity index (χ0) is 16.2. The number of cyclic esters (lactones) is 1. The number of nitrogens with zero attached hydrogens (tertiary/aromatic N) is 1. The van der Waals surface area contributed by atoms with E-state index >= 15 is 0 Å². The van der Waals surface area contributed by atoms with Gasteiger partial charge in [0.05, 0.1) is 0 Å². The maximum absolute atomic E-state index is 11.8. The summed E-state index contributed by atoms with van der Waals surface area (Å²) in [6, 6.07) is 9.27. The van der Waals surface area contributed by atoms with E-state index in [9.17, 15) is 9.59 Å². The number of ether oxygens (including phenoxy) is 3. The summed E-state index contributed by atoms with van der Waals surface area (Å²) in [6.07, 6.45) is -1.15. The maximum Gasteiger partial charge on any atom is 0.508 e. The number of hydrogen-bond acceptors (Lipinski definition) is 5. The van der Waals surface area contributed by atoms with Crippen molar-refractivity contribution < 1.29 is 23.8 Å². The van der Waals surface area contributed by atoms with Crippen molar-refractivity contribution in [1.29, 1.82) is 0 Å². The predicted molar refractivity (Wildman–Crippen MR) is 79.3 cm³/mol. The summed E-state index contributed by atoms with van der Waals surface area (Å²) in [7, 11) is 0. The SMILES string of the molecule is CC(C)(C)OC(=O)OC[C@H]1COC(=O)N1Cc1ccccc1. The van der Waals surface area contributed by atoms with Crippen molar-refractivity contribution in [3.05, 3.63) is 35.9 Å². The molecule has 2 rings (SSSR count). The first-order valence-electron chi connectivity index (χ1n) is 7.18. The summed E-state index contributed by atoms with van der Waals surface area (Å²) in [5.41, 5.74) is 0.381. The van der Waals surface area contributed by atoms with E-state index in [1.165, 1.54) is 0 Å². The first-order valence-corrected chi connectivity index (χ1v) is 7.18. The van der Waals surface area contributed by atoms with E-state index in [-0.39, 0.29) is 19.3 Å². The molecule has 1 aromatic rings. The average Bonchev–Trinajstić information content (AvgIpc) is 2.77. The maximum atomic E-state index is 11.8. The summed E-state index contributed by atoms with van der Waals surface area (Å²) < 4.78 is 15.2. The summed E-state index contributed by atoms with van der Waals surface area (Å²) in [4.78, 5) is 24.9. The second-order valence-corrected chi connectivity index (χ2v) is 6.12. The van der Waals surface area contributed by atoms with Crippen LogP contribution in [0.5, 0.6) is 0 Å². The average molecular weight is 307 g/mol. The van der Waals surface area contributed by atoms with Gasteiger partial charge in [-0.15, -0.1) is 0 Å². The quantitative estimate of drug-likeness (QED) is 0.800. The Labute approximate surface area is 129 Å². The Kier molecular flexibility index (Phi) is 4.90. The highest BCUT2D eigenvalue weighted by atomic mass is 16.7. The molecule has 0 bridgehead atoms. The standard InChI is InChI=1S/C16H21NO5/c1-16(2,3)22-15(19)21-11-13-10-20-14(18)17(13)9-12-7-5-4-6-8-12/h4-8,13H,9-11H2,1-3H3/t13-/m1/s1. The number of rotatable bonds is 4. The summed E-state index contributed by atoms with van der Waals surface area (Å²) in [5.74, 6) is 0. The highest BCUT2D eigenvalue weighted by Gasteiger charge is 2.34. The van der Waals surface area contributed by atoms with Gasteiger partial charge in [-0.05, 0) is 26.3 Å². The van der Waals surface area contributed by atoms with Crippen LogP contribution in [0.1, 0.15) is 26.3 Å². The lowest BCUT2D eigenvalue weighted by Crippen LogP contribution is -2.37. The van der Waals surface area contributed by atoms with Crippen LogP contribution in [-0.4, -0.2) is 42.0 Å².